The summed E-state index contributed by atoms with van der Waals surface area (Å²) in [4.78, 5) is 78.7. The molecular formula is C110H108O16. The highest BCUT2D eigenvalue weighted by molar-refractivity contribution is 6.05. The molecule has 12 aromatic carbocycles. The maximum absolute atomic E-state index is 14.0. The van der Waals surface area contributed by atoms with Crippen molar-refractivity contribution < 1.29 is 76.1 Å². The first-order chi connectivity index (χ1) is 61.8. The number of benzene rings is 12. The van der Waals surface area contributed by atoms with Crippen molar-refractivity contribution in [2.45, 2.75) is 129 Å². The van der Waals surface area contributed by atoms with Crippen molar-refractivity contribution in [2.75, 3.05) is 39.6 Å². The van der Waals surface area contributed by atoms with E-state index in [1.165, 1.54) is 50.7 Å². The Bertz CT molecular complexity index is 5080. The number of hydrogen-bond acceptors (Lipinski definition) is 16. The third-order valence-corrected chi connectivity index (χ3v) is 21.4. The van der Waals surface area contributed by atoms with Gasteiger partial charge in [0.1, 0.15) is 46.0 Å². The zero-order valence-corrected chi connectivity index (χ0v) is 71.8. The van der Waals surface area contributed by atoms with Crippen LogP contribution in [0.15, 0.2) is 316 Å². The topological polar surface area (TPSA) is 195 Å². The quantitative estimate of drug-likeness (QED) is 0.0115. The molecule has 0 aliphatic carbocycles. The number of unbranched alkanes of at least 4 members (excludes halogenated alkanes) is 14. The van der Waals surface area contributed by atoms with Crippen LogP contribution < -0.4 is 37.9 Å². The van der Waals surface area contributed by atoms with Gasteiger partial charge in [-0.3, -0.25) is 0 Å². The minimum absolute atomic E-state index is 0.284. The molecule has 0 saturated heterocycles. The fourth-order valence-corrected chi connectivity index (χ4v) is 14.3. The molecule has 0 N–H and O–H groups in total. The van der Waals surface area contributed by atoms with Gasteiger partial charge in [-0.1, -0.05) is 224 Å². The third kappa shape index (κ3) is 28.0. The van der Waals surface area contributed by atoms with Crippen molar-refractivity contribution >= 4 is 47.0 Å². The second kappa shape index (κ2) is 48.7. The zero-order valence-electron chi connectivity index (χ0n) is 71.8. The Morgan fingerprint density at radius 1 is 0.206 bits per heavy atom. The molecular weight excluding hydrogens is 1580 g/mol. The molecule has 0 unspecified atom stereocenters. The molecule has 16 nitrogen and oxygen atoms in total. The maximum Gasteiger partial charge on any atom is 0.343 e. The summed E-state index contributed by atoms with van der Waals surface area (Å²) in [6.07, 6.45) is 20.9. The van der Waals surface area contributed by atoms with Crippen molar-refractivity contribution in [3.63, 3.8) is 0 Å². The molecule has 644 valence electrons. The largest absolute Gasteiger partial charge is 0.494 e. The molecule has 0 aliphatic heterocycles. The highest BCUT2D eigenvalue weighted by atomic mass is 16.6. The smallest absolute Gasteiger partial charge is 0.343 e. The van der Waals surface area contributed by atoms with E-state index in [9.17, 15) is 28.8 Å². The van der Waals surface area contributed by atoms with Crippen LogP contribution in [0.5, 0.6) is 46.0 Å². The summed E-state index contributed by atoms with van der Waals surface area (Å²) < 4.78 is 58.5. The molecule has 126 heavy (non-hydrogen) atoms. The summed E-state index contributed by atoms with van der Waals surface area (Å²) in [6.45, 7) is 14.5. The van der Waals surface area contributed by atoms with E-state index in [1.54, 1.807) is 97.1 Å². The molecule has 0 atom stereocenters. The fourth-order valence-electron chi connectivity index (χ4n) is 14.3. The van der Waals surface area contributed by atoms with Gasteiger partial charge < -0.3 is 47.4 Å². The number of esters is 6. The van der Waals surface area contributed by atoms with Gasteiger partial charge in [-0.2, -0.15) is 0 Å². The second-order valence-corrected chi connectivity index (χ2v) is 30.6. The highest BCUT2D eigenvalue weighted by Crippen LogP contribution is 2.41. The van der Waals surface area contributed by atoms with Crippen LogP contribution in [0.3, 0.4) is 0 Å². The average Bonchev–Trinajstić information content (AvgIpc) is 0.773. The van der Waals surface area contributed by atoms with E-state index < -0.39 is 35.8 Å². The number of carbonyl (C=O) groups excluding carboxylic acids is 6. The fraction of sp³-hybridized carbons (Fsp3) is 0.236. The van der Waals surface area contributed by atoms with Crippen LogP contribution >= 0.6 is 0 Å². The van der Waals surface area contributed by atoms with Crippen LogP contribution in [-0.4, -0.2) is 75.5 Å². The van der Waals surface area contributed by atoms with Crippen LogP contribution in [0.1, 0.15) is 193 Å². The molecule has 0 radical (unpaired) electrons. The van der Waals surface area contributed by atoms with Gasteiger partial charge in [0.2, 0.25) is 0 Å². The summed E-state index contributed by atoms with van der Waals surface area (Å²) in [6, 6.07) is 89.3. The average molecular weight is 1690 g/mol. The molecule has 0 aromatic heterocycles. The summed E-state index contributed by atoms with van der Waals surface area (Å²) in [5.41, 5.74) is 13.1. The predicted octanol–water partition coefficient (Wildman–Crippen LogP) is 26.3. The second-order valence-electron chi connectivity index (χ2n) is 30.6. The molecule has 16 heteroatoms. The Morgan fingerprint density at radius 3 is 0.563 bits per heavy atom. The lowest BCUT2D eigenvalue weighted by Crippen LogP contribution is -2.09. The van der Waals surface area contributed by atoms with Crippen molar-refractivity contribution in [3.05, 3.63) is 361 Å². The van der Waals surface area contributed by atoms with E-state index in [1.807, 2.05) is 194 Å². The van der Waals surface area contributed by atoms with Crippen LogP contribution in [0.2, 0.25) is 0 Å². The standard InChI is InChI=1S/C110H108O16/c1-5-9-11-13-19-73-117-95-57-41-83(42-58-95)79-25-33-91(34-26-79)107(113)123-99-65-49-87(50-66-99)105(89-53-69-101(70-54-89)125-109(115)93-37-29-81(30-38-93)85-45-61-97(62-46-85)119-75-21-15-17-23-77-121-103(111)7-3)106(88-51-67-100(68-52-88)124-108(114)92-35-27-80(28-36-92)84-43-59-96(60-44-84)118-74-20-14-12-10-6-2)90-55-71-102(72-56-90)126-110(116)94-39-31-82(32-40-94)86-47-63-98(64-48-86)120-76-22-16-18-24-78-122-104(112)8-4/h7-8,25-72H,3-6,9-24,73-78H2,1-2H3. The lowest BCUT2D eigenvalue weighted by Gasteiger charge is -2.19. The maximum atomic E-state index is 14.0. The molecule has 0 heterocycles. The number of carbonyl (C=O) groups is 6. The summed E-state index contributed by atoms with van der Waals surface area (Å²) in [7, 11) is 0. The Hall–Kier alpha value is -14.1. The summed E-state index contributed by atoms with van der Waals surface area (Å²) in [5, 5.41) is 0. The molecule has 12 rings (SSSR count). The lowest BCUT2D eigenvalue weighted by atomic mass is 9.85. The number of hydrogen-bond donors (Lipinski definition) is 0. The Balaban J connectivity index is 0.795. The van der Waals surface area contributed by atoms with Crippen molar-refractivity contribution in [3.8, 4) is 90.5 Å². The van der Waals surface area contributed by atoms with Gasteiger partial charge in [0.25, 0.3) is 0 Å². The van der Waals surface area contributed by atoms with Crippen LogP contribution in [-0.2, 0) is 19.1 Å². The van der Waals surface area contributed by atoms with E-state index in [2.05, 4.69) is 27.0 Å². The third-order valence-electron chi connectivity index (χ3n) is 21.4. The van der Waals surface area contributed by atoms with Gasteiger partial charge in [0, 0.05) is 12.2 Å². The van der Waals surface area contributed by atoms with Crippen molar-refractivity contribution in [1.82, 2.24) is 0 Å². The van der Waals surface area contributed by atoms with E-state index in [0.717, 1.165) is 145 Å². The van der Waals surface area contributed by atoms with Gasteiger partial charge in [-0.15, -0.1) is 0 Å². The molecule has 0 aliphatic rings. The Morgan fingerprint density at radius 2 is 0.373 bits per heavy atom. The first kappa shape index (κ1) is 91.1. The van der Waals surface area contributed by atoms with Crippen molar-refractivity contribution in [1.29, 1.82) is 0 Å². The van der Waals surface area contributed by atoms with Gasteiger partial charge in [-0.05, 0) is 288 Å². The number of rotatable bonds is 48. The molecule has 0 fully saturated rings. The van der Waals surface area contributed by atoms with Crippen LogP contribution in [0, 0.1) is 0 Å². The molecule has 0 saturated carbocycles. The van der Waals surface area contributed by atoms with Crippen molar-refractivity contribution in [2.24, 2.45) is 0 Å². The monoisotopic (exact) mass is 1680 g/mol. The zero-order chi connectivity index (χ0) is 87.9. The Kier molecular flexibility index (Phi) is 35.2. The first-order valence-electron chi connectivity index (χ1n) is 43.7. The minimum atomic E-state index is -0.560. The van der Waals surface area contributed by atoms with Gasteiger partial charge >= 0.3 is 35.8 Å². The van der Waals surface area contributed by atoms with Crippen LogP contribution in [0.4, 0.5) is 0 Å². The molecule has 0 spiro atoms. The normalized spacial score (nSPS) is 11.1. The minimum Gasteiger partial charge on any atom is -0.494 e. The highest BCUT2D eigenvalue weighted by Gasteiger charge is 2.22. The Labute approximate surface area is 739 Å². The first-order valence-corrected chi connectivity index (χ1v) is 43.7. The molecule has 0 bridgehead atoms. The van der Waals surface area contributed by atoms with Gasteiger partial charge in [0.15, 0.2) is 0 Å². The molecule has 12 aromatic rings. The van der Waals surface area contributed by atoms with E-state index in [0.29, 0.717) is 107 Å². The SMILES string of the molecule is C=CC(=O)OCCCCCCOc1ccc(-c2ccc(C(=O)Oc3ccc(C(=C(c4ccc(OC(=O)c5ccc(-c6ccc(OCCCCCCC)cc6)cc5)cc4)c4ccc(OC(=O)c5ccc(-c6ccc(OCCCCCCOC(=O)C=C)cc6)cc5)cc4)c4ccc(OC(=O)c5ccc(-c6ccc(OCCCCCCC)cc6)cc5)cc4)cc3)cc2)cc1. The molecule has 0 amide bonds. The number of ether oxygens (including phenoxy) is 10. The van der Waals surface area contributed by atoms with E-state index >= 15 is 0 Å². The summed E-state index contributed by atoms with van der Waals surface area (Å²) in [5.74, 6) is 1.24. The predicted molar refractivity (Wildman–Crippen MR) is 497 cm³/mol. The van der Waals surface area contributed by atoms with E-state index in [-0.39, 0.29) is 11.5 Å². The van der Waals surface area contributed by atoms with Gasteiger partial charge in [-0.25, -0.2) is 28.8 Å². The van der Waals surface area contributed by atoms with E-state index in [4.69, 9.17) is 47.4 Å². The van der Waals surface area contributed by atoms with Gasteiger partial charge in [0.05, 0.1) is 61.9 Å². The lowest BCUT2D eigenvalue weighted by molar-refractivity contribution is -0.138. The van der Waals surface area contributed by atoms with Crippen LogP contribution in [0.25, 0.3) is 55.7 Å². The summed E-state index contributed by atoms with van der Waals surface area (Å²) >= 11 is 0.